The van der Waals surface area contributed by atoms with Crippen LogP contribution in [0.3, 0.4) is 0 Å². The third-order valence-electron chi connectivity index (χ3n) is 7.13. The Morgan fingerprint density at radius 1 is 0.778 bits per heavy atom. The molecule has 3 heteroatoms. The number of carbonyl (C=O) groups excluding carboxylic acids is 2. The predicted molar refractivity (Wildman–Crippen MR) is 110 cm³/mol. The monoisotopic (exact) mass is 524 g/mol. The molecule has 0 amide bonds. The van der Waals surface area contributed by atoms with Crippen LogP contribution < -0.4 is 0 Å². The van der Waals surface area contributed by atoms with Crippen LogP contribution in [0.25, 0.3) is 12.2 Å². The topological polar surface area (TPSA) is 34.1 Å². The van der Waals surface area contributed by atoms with Gasteiger partial charge in [0.15, 0.2) is 0 Å². The van der Waals surface area contributed by atoms with E-state index in [0.717, 1.165) is 22.3 Å². The molecule has 2 aromatic carbocycles. The van der Waals surface area contributed by atoms with Gasteiger partial charge in [0.25, 0.3) is 0 Å². The fraction of sp³-hybridized carbons (Fsp3) is 0.208. The van der Waals surface area contributed by atoms with Crippen molar-refractivity contribution in [2.45, 2.75) is 28.1 Å². The standard InChI is InChI=1S/2C9H7.2C2H3O.C2H4.Hf/c2*1-2-5-9-7-3-6-8(9)4-1;2*1-2-3;1-2;/h2*1-7H;2*1H3;1H,2H3;. The normalized spacial score (nSPS) is 20.3. The summed E-state index contributed by atoms with van der Waals surface area (Å²) in [6.45, 7) is 5.29. The van der Waals surface area contributed by atoms with Crippen molar-refractivity contribution in [3.63, 3.8) is 0 Å². The van der Waals surface area contributed by atoms with Crippen molar-refractivity contribution >= 4 is 23.0 Å². The summed E-state index contributed by atoms with van der Waals surface area (Å²) in [5.74, 6) is 0. The van der Waals surface area contributed by atoms with Gasteiger partial charge in [-0.25, -0.2) is 0 Å². The first-order valence-electron chi connectivity index (χ1n) is 9.49. The van der Waals surface area contributed by atoms with Crippen LogP contribution in [0.1, 0.15) is 50.4 Å². The fourth-order valence-electron chi connectivity index (χ4n) is 5.67. The molecule has 0 bridgehead atoms. The van der Waals surface area contributed by atoms with E-state index in [1.54, 1.807) is 13.8 Å². The Bertz CT molecular complexity index is 1020. The molecule has 2 aromatic rings. The Hall–Kier alpha value is -2.00. The second-order valence-corrected chi connectivity index (χ2v) is 30.1. The third kappa shape index (κ3) is 2.12. The third-order valence-corrected chi connectivity index (χ3v) is 36.1. The summed E-state index contributed by atoms with van der Waals surface area (Å²) < 4.78 is 2.09. The zero-order valence-electron chi connectivity index (χ0n) is 16.0. The van der Waals surface area contributed by atoms with E-state index in [4.69, 9.17) is 0 Å². The summed E-state index contributed by atoms with van der Waals surface area (Å²) in [6, 6.07) is 16.4. The molecule has 0 aromatic heterocycles. The second kappa shape index (κ2) is 6.27. The van der Waals surface area contributed by atoms with Crippen molar-refractivity contribution in [2.24, 2.45) is 0 Å². The molecule has 4 rings (SSSR count). The molecule has 0 heterocycles. The molecule has 2 unspecified atom stereocenters. The van der Waals surface area contributed by atoms with Gasteiger partial charge in [0, 0.05) is 0 Å². The van der Waals surface area contributed by atoms with Crippen molar-refractivity contribution in [3.8, 4) is 0 Å². The molecule has 2 aliphatic rings. The number of fused-ring (bicyclic) bond motifs is 2. The molecule has 27 heavy (non-hydrogen) atoms. The van der Waals surface area contributed by atoms with Crippen LogP contribution in [0.4, 0.5) is 0 Å². The summed E-state index contributed by atoms with van der Waals surface area (Å²) in [5, 5.41) is 0. The molecule has 2 aliphatic carbocycles. The molecule has 0 spiro atoms. The average molecular weight is 523 g/mol. The minimum absolute atomic E-state index is 0.111. The van der Waals surface area contributed by atoms with E-state index >= 15 is 0 Å². The van der Waals surface area contributed by atoms with Crippen molar-refractivity contribution in [1.82, 2.24) is 0 Å². The molecular formula is C24H24HfO2. The number of hydrogen-bond acceptors (Lipinski definition) is 2. The molecule has 0 fully saturated rings. The van der Waals surface area contributed by atoms with Crippen molar-refractivity contribution in [3.05, 3.63) is 82.9 Å². The van der Waals surface area contributed by atoms with Gasteiger partial charge >= 0.3 is 162 Å². The van der Waals surface area contributed by atoms with Crippen LogP contribution in [0.15, 0.2) is 60.7 Å². The summed E-state index contributed by atoms with van der Waals surface area (Å²) in [6.07, 6.45) is 8.46. The summed E-state index contributed by atoms with van der Waals surface area (Å²) >= 11 is -5.07. The summed E-state index contributed by atoms with van der Waals surface area (Å²) in [4.78, 5) is 27.3. The van der Waals surface area contributed by atoms with E-state index in [-0.39, 0.29) is 14.4 Å². The Labute approximate surface area is 161 Å². The van der Waals surface area contributed by atoms with Gasteiger partial charge in [0.1, 0.15) is 0 Å². The van der Waals surface area contributed by atoms with Crippen LogP contribution in [-0.4, -0.2) is 10.8 Å². The first-order chi connectivity index (χ1) is 13.0. The molecule has 0 saturated carbocycles. The van der Waals surface area contributed by atoms with E-state index < -0.39 is 18.0 Å². The first-order valence-corrected chi connectivity index (χ1v) is 19.3. The van der Waals surface area contributed by atoms with Gasteiger partial charge in [-0.05, 0) is 0 Å². The van der Waals surface area contributed by atoms with Gasteiger partial charge in [0.2, 0.25) is 0 Å². The van der Waals surface area contributed by atoms with E-state index in [0.29, 0.717) is 0 Å². The zero-order valence-corrected chi connectivity index (χ0v) is 19.6. The molecule has 0 radical (unpaired) electrons. The van der Waals surface area contributed by atoms with Gasteiger partial charge in [-0.3, -0.25) is 0 Å². The molecule has 0 saturated heterocycles. The Morgan fingerprint density at radius 2 is 1.19 bits per heavy atom. The number of benzene rings is 2. The molecule has 2 atom stereocenters. The molecule has 0 N–H and O–H groups in total. The van der Waals surface area contributed by atoms with Crippen LogP contribution in [0.5, 0.6) is 0 Å². The Balaban J connectivity index is 2.12. The van der Waals surface area contributed by atoms with E-state index in [1.165, 1.54) is 0 Å². The van der Waals surface area contributed by atoms with Gasteiger partial charge in [-0.15, -0.1) is 0 Å². The van der Waals surface area contributed by atoms with Crippen LogP contribution >= 0.6 is 0 Å². The maximum atomic E-state index is 13.6. The molecular weight excluding hydrogens is 499 g/mol. The fourth-order valence-corrected chi connectivity index (χ4v) is 31.0. The second-order valence-electron chi connectivity index (χ2n) is 7.82. The predicted octanol–water partition coefficient (Wildman–Crippen LogP) is 5.13. The Kier molecular flexibility index (Phi) is 4.27. The van der Waals surface area contributed by atoms with Gasteiger partial charge in [-0.2, -0.15) is 0 Å². The van der Waals surface area contributed by atoms with Crippen LogP contribution in [0, 0.1) is 0 Å². The van der Waals surface area contributed by atoms with Crippen LogP contribution in [-0.2, 0) is 27.6 Å². The van der Waals surface area contributed by atoms with Gasteiger partial charge in [0.05, 0.1) is 0 Å². The molecule has 136 valence electrons. The molecule has 2 nitrogen and oxygen atoms in total. The van der Waals surface area contributed by atoms with E-state index in [1.807, 2.05) is 31.2 Å². The van der Waals surface area contributed by atoms with Crippen molar-refractivity contribution < 1.29 is 27.6 Å². The summed E-state index contributed by atoms with van der Waals surface area (Å²) in [5.41, 5.74) is 4.53. The number of allylic oxidation sites excluding steroid dienone is 2. The number of rotatable bonds is 4. The summed E-state index contributed by atoms with van der Waals surface area (Å²) in [7, 11) is 0. The quantitative estimate of drug-likeness (QED) is 0.522. The SMILES string of the molecule is C[CH]=[Hf]([C](C)=O)([C](C)=O)([CH]1C=Cc2ccccc21)[CH]1C=Cc2ccccc21. The van der Waals surface area contributed by atoms with Gasteiger partial charge < -0.3 is 0 Å². The van der Waals surface area contributed by atoms with Crippen molar-refractivity contribution in [2.75, 3.05) is 0 Å². The first kappa shape index (κ1) is 18.4. The maximum absolute atomic E-state index is 13.6. The Morgan fingerprint density at radius 3 is 1.56 bits per heavy atom. The average Bonchev–Trinajstić information content (AvgIpc) is 3.29. The number of hydrogen-bond donors (Lipinski definition) is 0. The van der Waals surface area contributed by atoms with Crippen molar-refractivity contribution in [1.29, 1.82) is 0 Å². The van der Waals surface area contributed by atoms with E-state index in [9.17, 15) is 9.59 Å². The number of carbonyl (C=O) groups is 2. The van der Waals surface area contributed by atoms with E-state index in [2.05, 4.69) is 52.3 Å². The zero-order chi connectivity index (χ0) is 19.3. The minimum atomic E-state index is -5.07. The van der Waals surface area contributed by atoms with Crippen LogP contribution in [0.2, 0.25) is 0 Å². The van der Waals surface area contributed by atoms with Gasteiger partial charge in [-0.1, -0.05) is 0 Å². The molecule has 0 aliphatic heterocycles.